The number of carbonyl (C=O) groups excluding carboxylic acids is 1. The number of hydrogen-bond acceptors (Lipinski definition) is 6. The fraction of sp³-hybridized carbons (Fsp3) is 0.0909. The van der Waals surface area contributed by atoms with E-state index in [1.54, 1.807) is 60.7 Å². The Bertz CT molecular complexity index is 1220. The van der Waals surface area contributed by atoms with E-state index in [1.807, 2.05) is 0 Å². The lowest BCUT2D eigenvalue weighted by Gasteiger charge is -2.18. The average Bonchev–Trinajstić information content (AvgIpc) is 3.17. The van der Waals surface area contributed by atoms with E-state index in [1.165, 1.54) is 0 Å². The van der Waals surface area contributed by atoms with Gasteiger partial charge >= 0.3 is 5.97 Å². The van der Waals surface area contributed by atoms with Crippen LogP contribution in [0.1, 0.15) is 10.4 Å². The van der Waals surface area contributed by atoms with Crippen molar-refractivity contribution in [1.82, 2.24) is 5.16 Å². The molecule has 0 spiro atoms. The zero-order valence-corrected chi connectivity index (χ0v) is 15.8. The fourth-order valence-electron chi connectivity index (χ4n) is 3.13. The molecule has 0 unspecified atom stereocenters. The van der Waals surface area contributed by atoms with Crippen LogP contribution >= 0.6 is 11.6 Å². The van der Waals surface area contributed by atoms with Crippen LogP contribution in [0.15, 0.2) is 65.2 Å². The minimum atomic E-state index is -0.480. The molecule has 29 heavy (non-hydrogen) atoms. The van der Waals surface area contributed by atoms with Crippen molar-refractivity contribution in [1.29, 1.82) is 0 Å². The molecule has 0 saturated heterocycles. The van der Waals surface area contributed by atoms with E-state index in [-0.39, 0.29) is 0 Å². The first kappa shape index (κ1) is 17.6. The molecule has 7 heteroatoms. The molecule has 1 aromatic heterocycles. The van der Waals surface area contributed by atoms with Crippen LogP contribution in [0, 0.1) is 0 Å². The quantitative estimate of drug-likeness (QED) is 0.346. The van der Waals surface area contributed by atoms with Crippen LogP contribution in [0.2, 0.25) is 5.02 Å². The Kier molecular flexibility index (Phi) is 4.33. The van der Waals surface area contributed by atoms with Gasteiger partial charge in [0.2, 0.25) is 0 Å². The lowest BCUT2D eigenvalue weighted by atomic mass is 10.1. The van der Waals surface area contributed by atoms with Crippen LogP contribution in [0.4, 0.5) is 0 Å². The summed E-state index contributed by atoms with van der Waals surface area (Å²) in [5.74, 6) is 1.70. The standard InChI is InChI=1S/C22H14ClNO5/c23-15-4-7-18-17(12-15)21(29-24-18)13-1-5-16(6-2-13)28-22(25)14-3-8-19-20(11-14)27-10-9-26-19/h1-8,11-12H,9-10H2. The van der Waals surface area contributed by atoms with Gasteiger partial charge in [-0.15, -0.1) is 0 Å². The summed E-state index contributed by atoms with van der Waals surface area (Å²) in [7, 11) is 0. The average molecular weight is 408 g/mol. The molecule has 1 aliphatic rings. The molecule has 6 nitrogen and oxygen atoms in total. The molecule has 0 saturated carbocycles. The van der Waals surface area contributed by atoms with Crippen molar-refractivity contribution in [3.8, 4) is 28.6 Å². The number of esters is 1. The van der Waals surface area contributed by atoms with Crippen molar-refractivity contribution in [2.45, 2.75) is 0 Å². The van der Waals surface area contributed by atoms with Crippen molar-refractivity contribution in [2.24, 2.45) is 0 Å². The molecule has 0 fully saturated rings. The fourth-order valence-corrected chi connectivity index (χ4v) is 3.30. The molecule has 0 N–H and O–H groups in total. The van der Waals surface area contributed by atoms with Crippen molar-refractivity contribution < 1.29 is 23.5 Å². The normalized spacial score (nSPS) is 12.7. The predicted octanol–water partition coefficient (Wildman–Crippen LogP) is 5.14. The third-order valence-corrected chi connectivity index (χ3v) is 4.78. The molecule has 5 rings (SSSR count). The van der Waals surface area contributed by atoms with Crippen LogP contribution in [-0.4, -0.2) is 24.3 Å². The largest absolute Gasteiger partial charge is 0.486 e. The highest BCUT2D eigenvalue weighted by Crippen LogP contribution is 2.33. The van der Waals surface area contributed by atoms with Gasteiger partial charge in [0.25, 0.3) is 0 Å². The molecular formula is C22H14ClNO5. The zero-order valence-electron chi connectivity index (χ0n) is 15.1. The van der Waals surface area contributed by atoms with Crippen LogP contribution in [0.5, 0.6) is 17.2 Å². The number of aromatic nitrogens is 1. The molecule has 0 radical (unpaired) electrons. The van der Waals surface area contributed by atoms with Gasteiger partial charge < -0.3 is 18.7 Å². The summed E-state index contributed by atoms with van der Waals surface area (Å²) in [6.07, 6.45) is 0. The smallest absolute Gasteiger partial charge is 0.343 e. The van der Waals surface area contributed by atoms with Gasteiger partial charge in [0, 0.05) is 10.6 Å². The molecule has 0 aliphatic carbocycles. The lowest BCUT2D eigenvalue weighted by molar-refractivity contribution is 0.0733. The number of benzene rings is 3. The summed E-state index contributed by atoms with van der Waals surface area (Å²) in [5.41, 5.74) is 1.90. The molecule has 144 valence electrons. The van der Waals surface area contributed by atoms with Gasteiger partial charge in [-0.1, -0.05) is 16.8 Å². The number of ether oxygens (including phenoxy) is 3. The predicted molar refractivity (Wildman–Crippen MR) is 107 cm³/mol. The van der Waals surface area contributed by atoms with Gasteiger partial charge in [-0.05, 0) is 60.7 Å². The van der Waals surface area contributed by atoms with Crippen molar-refractivity contribution >= 4 is 28.5 Å². The zero-order chi connectivity index (χ0) is 19.8. The maximum absolute atomic E-state index is 12.5. The van der Waals surface area contributed by atoms with Gasteiger partial charge in [-0.25, -0.2) is 4.79 Å². The first-order chi connectivity index (χ1) is 14.2. The highest BCUT2D eigenvalue weighted by molar-refractivity contribution is 6.31. The first-order valence-electron chi connectivity index (χ1n) is 8.94. The maximum atomic E-state index is 12.5. The number of hydrogen-bond donors (Lipinski definition) is 0. The summed E-state index contributed by atoms with van der Waals surface area (Å²) in [6.45, 7) is 0.949. The topological polar surface area (TPSA) is 70.8 Å². The number of carbonyl (C=O) groups is 1. The summed E-state index contributed by atoms with van der Waals surface area (Å²) < 4.78 is 21.9. The first-order valence-corrected chi connectivity index (χ1v) is 9.32. The Labute approximate surface area is 170 Å². The summed E-state index contributed by atoms with van der Waals surface area (Å²) in [6, 6.07) is 17.3. The lowest BCUT2D eigenvalue weighted by Crippen LogP contribution is -2.16. The second kappa shape index (κ2) is 7.14. The Morgan fingerprint density at radius 2 is 1.72 bits per heavy atom. The third kappa shape index (κ3) is 3.39. The number of fused-ring (bicyclic) bond motifs is 2. The van der Waals surface area contributed by atoms with Crippen LogP contribution < -0.4 is 14.2 Å². The van der Waals surface area contributed by atoms with Crippen molar-refractivity contribution in [3.63, 3.8) is 0 Å². The minimum Gasteiger partial charge on any atom is -0.486 e. The van der Waals surface area contributed by atoms with E-state index >= 15 is 0 Å². The van der Waals surface area contributed by atoms with Crippen LogP contribution in [0.25, 0.3) is 22.2 Å². The molecule has 0 amide bonds. The SMILES string of the molecule is O=C(Oc1ccc(-c2onc3ccc(Cl)cc23)cc1)c1ccc2c(c1)OCCO2. The van der Waals surface area contributed by atoms with Crippen molar-refractivity contribution in [3.05, 3.63) is 71.2 Å². The van der Waals surface area contributed by atoms with E-state index in [4.69, 9.17) is 30.3 Å². The molecule has 2 heterocycles. The van der Waals surface area contributed by atoms with Gasteiger partial charge in [0.05, 0.1) is 10.9 Å². The molecular weight excluding hydrogens is 394 g/mol. The summed E-state index contributed by atoms with van der Waals surface area (Å²) in [5, 5.41) is 5.46. The summed E-state index contributed by atoms with van der Waals surface area (Å²) in [4.78, 5) is 12.5. The molecule has 3 aromatic carbocycles. The third-order valence-electron chi connectivity index (χ3n) is 4.54. The Morgan fingerprint density at radius 1 is 0.931 bits per heavy atom. The monoisotopic (exact) mass is 407 g/mol. The second-order valence-corrected chi connectivity index (χ2v) is 6.88. The summed E-state index contributed by atoms with van der Waals surface area (Å²) >= 11 is 6.08. The van der Waals surface area contributed by atoms with Crippen LogP contribution in [0.3, 0.4) is 0 Å². The second-order valence-electron chi connectivity index (χ2n) is 6.45. The number of nitrogens with zero attached hydrogens (tertiary/aromatic N) is 1. The highest BCUT2D eigenvalue weighted by atomic mass is 35.5. The van der Waals surface area contributed by atoms with Crippen molar-refractivity contribution in [2.75, 3.05) is 13.2 Å². The van der Waals surface area contributed by atoms with E-state index < -0.39 is 5.97 Å². The highest BCUT2D eigenvalue weighted by Gasteiger charge is 2.17. The Balaban J connectivity index is 1.36. The van der Waals surface area contributed by atoms with E-state index in [0.717, 1.165) is 16.5 Å². The van der Waals surface area contributed by atoms with Gasteiger partial charge in [-0.3, -0.25) is 0 Å². The van der Waals surface area contributed by atoms with Crippen LogP contribution in [-0.2, 0) is 0 Å². The minimum absolute atomic E-state index is 0.384. The van der Waals surface area contributed by atoms with E-state index in [0.29, 0.717) is 46.8 Å². The molecule has 0 bridgehead atoms. The Hall–Kier alpha value is -3.51. The molecule has 1 aliphatic heterocycles. The molecule has 4 aromatic rings. The molecule has 0 atom stereocenters. The van der Waals surface area contributed by atoms with Gasteiger partial charge in [0.15, 0.2) is 17.3 Å². The number of halogens is 1. The van der Waals surface area contributed by atoms with Gasteiger partial charge in [-0.2, -0.15) is 0 Å². The number of rotatable bonds is 3. The Morgan fingerprint density at radius 3 is 2.55 bits per heavy atom. The maximum Gasteiger partial charge on any atom is 0.343 e. The van der Waals surface area contributed by atoms with Gasteiger partial charge in [0.1, 0.15) is 24.5 Å². The van der Waals surface area contributed by atoms with E-state index in [2.05, 4.69) is 5.16 Å². The van der Waals surface area contributed by atoms with E-state index in [9.17, 15) is 4.79 Å².